The van der Waals surface area contributed by atoms with E-state index in [1.54, 1.807) is 11.8 Å². The Kier molecular flexibility index (Phi) is 5.59. The van der Waals surface area contributed by atoms with Gasteiger partial charge in [0.15, 0.2) is 17.3 Å². The first-order valence-corrected chi connectivity index (χ1v) is 13.1. The number of hydrogen-bond donors (Lipinski definition) is 0. The molecule has 0 spiro atoms. The van der Waals surface area contributed by atoms with Crippen molar-refractivity contribution in [3.63, 3.8) is 0 Å². The summed E-state index contributed by atoms with van der Waals surface area (Å²) in [4.78, 5) is 18.5. The number of aromatic nitrogens is 5. The van der Waals surface area contributed by atoms with Gasteiger partial charge in [0.1, 0.15) is 24.7 Å². The zero-order valence-corrected chi connectivity index (χ0v) is 21.6. The summed E-state index contributed by atoms with van der Waals surface area (Å²) in [5.41, 5.74) is 3.84. The summed E-state index contributed by atoms with van der Waals surface area (Å²) in [6, 6.07) is 23.0. The van der Waals surface area contributed by atoms with Gasteiger partial charge in [0.2, 0.25) is 4.96 Å². The number of nitrogens with zero attached hydrogens (tertiary/aromatic N) is 5. The van der Waals surface area contributed by atoms with Gasteiger partial charge in [-0.15, -0.1) is 5.10 Å². The van der Waals surface area contributed by atoms with E-state index < -0.39 is 0 Å². The standard InChI is InChI=1S/C29H21N5O4S/c1-36-22-10-7-18(8-11-22)27-30-29-34(32-27)28(35)25(39-29)16-20-17-33(21-5-3-2-4-6-21)31-26(20)19-9-12-23-24(15-19)38-14-13-37-23/h2-12,15-17H,13-14H2,1H3/b25-16-. The maximum atomic E-state index is 13.3. The molecule has 0 amide bonds. The summed E-state index contributed by atoms with van der Waals surface area (Å²) < 4.78 is 20.4. The van der Waals surface area contributed by atoms with Crippen molar-refractivity contribution < 1.29 is 14.2 Å². The highest BCUT2D eigenvalue weighted by molar-refractivity contribution is 7.15. The van der Waals surface area contributed by atoms with Gasteiger partial charge in [-0.05, 0) is 60.7 Å². The quantitative estimate of drug-likeness (QED) is 0.330. The molecule has 0 N–H and O–H groups in total. The Morgan fingerprint density at radius 1 is 0.923 bits per heavy atom. The van der Waals surface area contributed by atoms with Crippen LogP contribution >= 0.6 is 11.3 Å². The van der Waals surface area contributed by atoms with Crippen LogP contribution < -0.4 is 24.3 Å². The van der Waals surface area contributed by atoms with E-state index in [2.05, 4.69) is 10.1 Å². The largest absolute Gasteiger partial charge is 0.497 e. The topological polar surface area (TPSA) is 92.8 Å². The number of fused-ring (bicyclic) bond motifs is 2. The van der Waals surface area contributed by atoms with E-state index >= 15 is 0 Å². The minimum atomic E-state index is -0.233. The van der Waals surface area contributed by atoms with Crippen LogP contribution in [0.3, 0.4) is 0 Å². The zero-order valence-electron chi connectivity index (χ0n) is 20.8. The molecule has 0 unspecified atom stereocenters. The van der Waals surface area contributed by atoms with Crippen LogP contribution in [-0.4, -0.2) is 44.7 Å². The molecule has 39 heavy (non-hydrogen) atoms. The van der Waals surface area contributed by atoms with Crippen molar-refractivity contribution in [2.24, 2.45) is 0 Å². The maximum Gasteiger partial charge on any atom is 0.291 e. The normalized spacial score (nSPS) is 13.2. The van der Waals surface area contributed by atoms with Crippen LogP contribution in [-0.2, 0) is 0 Å². The van der Waals surface area contributed by atoms with Crippen molar-refractivity contribution in [2.45, 2.75) is 0 Å². The van der Waals surface area contributed by atoms with Gasteiger partial charge in [-0.2, -0.15) is 14.6 Å². The summed E-state index contributed by atoms with van der Waals surface area (Å²) in [6.45, 7) is 1.02. The first-order valence-electron chi connectivity index (χ1n) is 12.3. The van der Waals surface area contributed by atoms with Crippen molar-refractivity contribution in [3.05, 3.63) is 99.4 Å². The first-order chi connectivity index (χ1) is 19.2. The summed E-state index contributed by atoms with van der Waals surface area (Å²) in [5, 5.41) is 9.35. The van der Waals surface area contributed by atoms with Crippen LogP contribution in [0, 0.1) is 0 Å². The molecule has 192 valence electrons. The van der Waals surface area contributed by atoms with Crippen molar-refractivity contribution in [1.82, 2.24) is 24.4 Å². The average molecular weight is 536 g/mol. The highest BCUT2D eigenvalue weighted by Gasteiger charge is 2.18. The lowest BCUT2D eigenvalue weighted by Crippen LogP contribution is -2.23. The Balaban J connectivity index is 1.33. The average Bonchev–Trinajstić information content (AvgIpc) is 3.68. The molecule has 0 saturated heterocycles. The molecule has 0 radical (unpaired) electrons. The minimum Gasteiger partial charge on any atom is -0.497 e. The third kappa shape index (κ3) is 4.20. The molecule has 0 bridgehead atoms. The molecule has 1 aliphatic rings. The second-order valence-corrected chi connectivity index (χ2v) is 9.85. The van der Waals surface area contributed by atoms with E-state index in [9.17, 15) is 4.79 Å². The number of methoxy groups -OCH3 is 1. The summed E-state index contributed by atoms with van der Waals surface area (Å²) in [6.07, 6.45) is 3.76. The van der Waals surface area contributed by atoms with Gasteiger partial charge >= 0.3 is 0 Å². The van der Waals surface area contributed by atoms with Gasteiger partial charge < -0.3 is 14.2 Å². The molecular formula is C29H21N5O4S. The second kappa shape index (κ2) is 9.41. The molecule has 3 aromatic carbocycles. The Hall–Kier alpha value is -4.96. The fourth-order valence-electron chi connectivity index (χ4n) is 4.46. The lowest BCUT2D eigenvalue weighted by molar-refractivity contribution is 0.171. The number of rotatable bonds is 5. The molecule has 4 heterocycles. The van der Waals surface area contributed by atoms with Crippen molar-refractivity contribution in [1.29, 1.82) is 0 Å². The van der Waals surface area contributed by atoms with Crippen molar-refractivity contribution in [3.8, 4) is 45.6 Å². The molecule has 9 nitrogen and oxygen atoms in total. The summed E-state index contributed by atoms with van der Waals surface area (Å²) >= 11 is 1.29. The van der Waals surface area contributed by atoms with Gasteiger partial charge in [0.05, 0.1) is 17.3 Å². The van der Waals surface area contributed by atoms with Crippen LogP contribution in [0.1, 0.15) is 5.56 Å². The van der Waals surface area contributed by atoms with Crippen LogP contribution in [0.25, 0.3) is 39.4 Å². The van der Waals surface area contributed by atoms with Gasteiger partial charge in [0.25, 0.3) is 5.56 Å². The molecule has 3 aromatic heterocycles. The number of thiazole rings is 1. The fraction of sp³-hybridized carbons (Fsp3) is 0.103. The predicted octanol–water partition coefficient (Wildman–Crippen LogP) is 4.00. The number of benzene rings is 3. The van der Waals surface area contributed by atoms with Crippen LogP contribution in [0.2, 0.25) is 0 Å². The lowest BCUT2D eigenvalue weighted by Gasteiger charge is -2.18. The van der Waals surface area contributed by atoms with E-state index in [1.165, 1.54) is 15.9 Å². The van der Waals surface area contributed by atoms with E-state index in [0.717, 1.165) is 28.1 Å². The lowest BCUT2D eigenvalue weighted by atomic mass is 10.1. The minimum absolute atomic E-state index is 0.233. The van der Waals surface area contributed by atoms with Gasteiger partial charge in [-0.25, -0.2) is 4.68 Å². The molecule has 1 aliphatic heterocycles. The highest BCUT2D eigenvalue weighted by Crippen LogP contribution is 2.35. The van der Waals surface area contributed by atoms with E-state index in [1.807, 2.05) is 85.1 Å². The van der Waals surface area contributed by atoms with E-state index in [0.29, 0.717) is 45.7 Å². The van der Waals surface area contributed by atoms with Crippen molar-refractivity contribution in [2.75, 3.05) is 20.3 Å². The smallest absolute Gasteiger partial charge is 0.291 e. The highest BCUT2D eigenvalue weighted by atomic mass is 32.1. The van der Waals surface area contributed by atoms with Gasteiger partial charge in [-0.3, -0.25) is 4.79 Å². The monoisotopic (exact) mass is 535 g/mol. The first kappa shape index (κ1) is 23.2. The Bertz CT molecular complexity index is 1930. The number of ether oxygens (including phenoxy) is 3. The Morgan fingerprint density at radius 3 is 2.46 bits per heavy atom. The third-order valence-corrected chi connectivity index (χ3v) is 7.35. The molecule has 0 fully saturated rings. The fourth-order valence-corrected chi connectivity index (χ4v) is 5.36. The summed E-state index contributed by atoms with van der Waals surface area (Å²) in [5.74, 6) is 2.61. The van der Waals surface area contributed by atoms with Crippen LogP contribution in [0.15, 0.2) is 83.8 Å². The Morgan fingerprint density at radius 2 is 1.69 bits per heavy atom. The number of hydrogen-bond acceptors (Lipinski definition) is 8. The number of para-hydroxylation sites is 1. The van der Waals surface area contributed by atoms with E-state index in [4.69, 9.17) is 19.3 Å². The summed E-state index contributed by atoms with van der Waals surface area (Å²) in [7, 11) is 1.62. The third-order valence-electron chi connectivity index (χ3n) is 6.40. The maximum absolute atomic E-state index is 13.3. The Labute approximate surface area is 226 Å². The molecule has 6 aromatic rings. The molecule has 10 heteroatoms. The zero-order chi connectivity index (χ0) is 26.3. The molecule has 0 saturated carbocycles. The molecule has 7 rings (SSSR count). The molecule has 0 aliphatic carbocycles. The van der Waals surface area contributed by atoms with Crippen LogP contribution in [0.5, 0.6) is 17.2 Å². The predicted molar refractivity (Wildman–Crippen MR) is 148 cm³/mol. The molecular weight excluding hydrogens is 514 g/mol. The van der Waals surface area contributed by atoms with Crippen molar-refractivity contribution >= 4 is 22.4 Å². The van der Waals surface area contributed by atoms with Crippen LogP contribution in [0.4, 0.5) is 0 Å². The molecule has 0 atom stereocenters. The van der Waals surface area contributed by atoms with Gasteiger partial charge in [-0.1, -0.05) is 29.5 Å². The van der Waals surface area contributed by atoms with E-state index in [-0.39, 0.29) is 5.56 Å². The van der Waals surface area contributed by atoms with Gasteiger partial charge in [0, 0.05) is 22.9 Å². The second-order valence-electron chi connectivity index (χ2n) is 8.85. The SMILES string of the molecule is COc1ccc(-c2nc3s/c(=C\c4cn(-c5ccccc5)nc4-c4ccc5c(c4)OCCO5)c(=O)n3n2)cc1.